The third-order valence-electron chi connectivity index (χ3n) is 3.56. The Morgan fingerprint density at radius 1 is 1.33 bits per heavy atom. The summed E-state index contributed by atoms with van der Waals surface area (Å²) in [5.74, 6) is 0.288. The molecule has 2 aliphatic carbocycles. The van der Waals surface area contributed by atoms with Crippen molar-refractivity contribution >= 4 is 5.78 Å². The summed E-state index contributed by atoms with van der Waals surface area (Å²) >= 11 is 0. The second kappa shape index (κ2) is 4.18. The van der Waals surface area contributed by atoms with E-state index >= 15 is 0 Å². The van der Waals surface area contributed by atoms with Crippen LogP contribution in [0.15, 0.2) is 36.0 Å². The van der Waals surface area contributed by atoms with E-state index < -0.39 is 0 Å². The Bertz CT molecular complexity index is 346. The normalized spacial score (nSPS) is 30.1. The minimum Gasteiger partial charge on any atom is -0.299 e. The molecule has 0 spiro atoms. The van der Waals surface area contributed by atoms with Crippen LogP contribution in [0.2, 0.25) is 0 Å². The molecular formula is C14H18O. The van der Waals surface area contributed by atoms with Crippen molar-refractivity contribution in [1.82, 2.24) is 0 Å². The highest BCUT2D eigenvalue weighted by Crippen LogP contribution is 2.41. The number of Topliss-reactive ketones (excluding diaryl/α,β-unsaturated/α-hetero) is 1. The molecule has 0 saturated heterocycles. The van der Waals surface area contributed by atoms with Crippen LogP contribution in [0.25, 0.3) is 0 Å². The number of rotatable bonds is 2. The molecule has 1 nitrogen and oxygen atoms in total. The molecular weight excluding hydrogens is 184 g/mol. The molecule has 15 heavy (non-hydrogen) atoms. The molecule has 1 unspecified atom stereocenters. The first kappa shape index (κ1) is 10.4. The van der Waals surface area contributed by atoms with Gasteiger partial charge in [0.25, 0.3) is 0 Å². The number of allylic oxidation sites excluding steroid dienone is 6. The van der Waals surface area contributed by atoms with Crippen molar-refractivity contribution in [3.63, 3.8) is 0 Å². The standard InChI is InChI=1S/C14H18O/c1-12(15)14(10-6-3-7-11-14)13-8-4-2-5-9-13/h3,6-8,10H,2,4-5,9,11H2,1H3. The zero-order chi connectivity index (χ0) is 10.7. The molecule has 1 atom stereocenters. The maximum Gasteiger partial charge on any atom is 0.144 e. The Labute approximate surface area is 91.6 Å². The maximum absolute atomic E-state index is 11.9. The van der Waals surface area contributed by atoms with Gasteiger partial charge in [-0.1, -0.05) is 36.0 Å². The van der Waals surface area contributed by atoms with Crippen molar-refractivity contribution in [2.75, 3.05) is 0 Å². The van der Waals surface area contributed by atoms with Gasteiger partial charge in [0.05, 0.1) is 5.41 Å². The van der Waals surface area contributed by atoms with Crippen LogP contribution in [0.4, 0.5) is 0 Å². The maximum atomic E-state index is 11.9. The topological polar surface area (TPSA) is 17.1 Å². The predicted octanol–water partition coefficient (Wildman–Crippen LogP) is 3.58. The Balaban J connectivity index is 2.34. The van der Waals surface area contributed by atoms with Gasteiger partial charge in [-0.25, -0.2) is 0 Å². The highest BCUT2D eigenvalue weighted by molar-refractivity contribution is 5.88. The van der Waals surface area contributed by atoms with Crippen LogP contribution >= 0.6 is 0 Å². The van der Waals surface area contributed by atoms with E-state index in [0.717, 1.165) is 19.3 Å². The Morgan fingerprint density at radius 3 is 2.73 bits per heavy atom. The van der Waals surface area contributed by atoms with Gasteiger partial charge in [-0.15, -0.1) is 0 Å². The highest BCUT2D eigenvalue weighted by atomic mass is 16.1. The molecule has 0 aromatic heterocycles. The van der Waals surface area contributed by atoms with Crippen molar-refractivity contribution in [2.45, 2.75) is 39.0 Å². The lowest BCUT2D eigenvalue weighted by Crippen LogP contribution is -2.30. The van der Waals surface area contributed by atoms with Gasteiger partial charge >= 0.3 is 0 Å². The van der Waals surface area contributed by atoms with Crippen LogP contribution in [0.1, 0.15) is 39.0 Å². The average molecular weight is 202 g/mol. The first-order valence-corrected chi connectivity index (χ1v) is 5.81. The van der Waals surface area contributed by atoms with Crippen molar-refractivity contribution in [3.8, 4) is 0 Å². The van der Waals surface area contributed by atoms with Gasteiger partial charge in [0.2, 0.25) is 0 Å². The molecule has 0 heterocycles. The van der Waals surface area contributed by atoms with E-state index in [0.29, 0.717) is 0 Å². The summed E-state index contributed by atoms with van der Waals surface area (Å²) in [5.41, 5.74) is 1.05. The van der Waals surface area contributed by atoms with E-state index in [1.807, 2.05) is 12.2 Å². The number of hydrogen-bond donors (Lipinski definition) is 0. The van der Waals surface area contributed by atoms with Crippen LogP contribution in [0.5, 0.6) is 0 Å². The zero-order valence-electron chi connectivity index (χ0n) is 9.33. The van der Waals surface area contributed by atoms with E-state index in [1.54, 1.807) is 6.92 Å². The fourth-order valence-electron chi connectivity index (χ4n) is 2.59. The van der Waals surface area contributed by atoms with Crippen molar-refractivity contribution in [1.29, 1.82) is 0 Å². The van der Waals surface area contributed by atoms with E-state index in [4.69, 9.17) is 0 Å². The van der Waals surface area contributed by atoms with Crippen LogP contribution in [-0.2, 0) is 4.79 Å². The number of carbonyl (C=O) groups is 1. The Kier molecular flexibility index (Phi) is 2.90. The summed E-state index contributed by atoms with van der Waals surface area (Å²) in [6.45, 7) is 1.72. The fourth-order valence-corrected chi connectivity index (χ4v) is 2.59. The van der Waals surface area contributed by atoms with Crippen molar-refractivity contribution < 1.29 is 4.79 Å². The van der Waals surface area contributed by atoms with Gasteiger partial charge in [-0.3, -0.25) is 4.79 Å². The fraction of sp³-hybridized carbons (Fsp3) is 0.500. The van der Waals surface area contributed by atoms with Gasteiger partial charge in [0.1, 0.15) is 5.78 Å². The zero-order valence-corrected chi connectivity index (χ0v) is 9.33. The second-order valence-corrected chi connectivity index (χ2v) is 4.49. The van der Waals surface area contributed by atoms with Gasteiger partial charge in [-0.05, 0) is 39.0 Å². The minimum atomic E-state index is -0.296. The van der Waals surface area contributed by atoms with E-state index in [1.165, 1.54) is 18.4 Å². The molecule has 0 N–H and O–H groups in total. The lowest BCUT2D eigenvalue weighted by Gasteiger charge is -2.33. The molecule has 0 saturated carbocycles. The predicted molar refractivity (Wildman–Crippen MR) is 62.6 cm³/mol. The largest absolute Gasteiger partial charge is 0.299 e. The first-order valence-electron chi connectivity index (χ1n) is 5.81. The molecule has 0 aromatic carbocycles. The van der Waals surface area contributed by atoms with Crippen LogP contribution in [-0.4, -0.2) is 5.78 Å². The molecule has 0 amide bonds. The molecule has 2 rings (SSSR count). The summed E-state index contributed by atoms with van der Waals surface area (Å²) in [5, 5.41) is 0. The monoisotopic (exact) mass is 202 g/mol. The quantitative estimate of drug-likeness (QED) is 0.625. The summed E-state index contributed by atoms with van der Waals surface area (Å²) in [6.07, 6.45) is 16.1. The molecule has 0 fully saturated rings. The number of carbonyl (C=O) groups excluding carboxylic acids is 1. The van der Waals surface area contributed by atoms with Crippen molar-refractivity contribution in [3.05, 3.63) is 36.0 Å². The van der Waals surface area contributed by atoms with Gasteiger partial charge in [-0.2, -0.15) is 0 Å². The lowest BCUT2D eigenvalue weighted by atomic mass is 9.69. The number of ketones is 1. The molecule has 2 aliphatic rings. The first-order chi connectivity index (χ1) is 7.26. The van der Waals surface area contributed by atoms with Crippen LogP contribution in [0.3, 0.4) is 0 Å². The minimum absolute atomic E-state index is 0.288. The molecule has 0 aliphatic heterocycles. The highest BCUT2D eigenvalue weighted by Gasteiger charge is 2.36. The third-order valence-corrected chi connectivity index (χ3v) is 3.56. The average Bonchev–Trinajstić information content (AvgIpc) is 2.31. The molecule has 1 heteroatoms. The molecule has 0 radical (unpaired) electrons. The SMILES string of the molecule is CC(=O)C1(C2=CCCCC2)C=CC=CC1. The Morgan fingerprint density at radius 2 is 2.20 bits per heavy atom. The summed E-state index contributed by atoms with van der Waals surface area (Å²) in [7, 11) is 0. The summed E-state index contributed by atoms with van der Waals surface area (Å²) in [6, 6.07) is 0. The van der Waals surface area contributed by atoms with Crippen LogP contribution in [0, 0.1) is 5.41 Å². The van der Waals surface area contributed by atoms with Gasteiger partial charge < -0.3 is 0 Å². The lowest BCUT2D eigenvalue weighted by molar-refractivity contribution is -0.122. The number of hydrogen-bond acceptors (Lipinski definition) is 1. The molecule has 0 aromatic rings. The van der Waals surface area contributed by atoms with E-state index in [-0.39, 0.29) is 11.2 Å². The molecule has 0 bridgehead atoms. The molecule has 80 valence electrons. The summed E-state index contributed by atoms with van der Waals surface area (Å²) < 4.78 is 0. The summed E-state index contributed by atoms with van der Waals surface area (Å²) in [4.78, 5) is 11.9. The van der Waals surface area contributed by atoms with Gasteiger partial charge in [0.15, 0.2) is 0 Å². The smallest absolute Gasteiger partial charge is 0.144 e. The van der Waals surface area contributed by atoms with E-state index in [9.17, 15) is 4.79 Å². The van der Waals surface area contributed by atoms with Gasteiger partial charge in [0, 0.05) is 0 Å². The Hall–Kier alpha value is -1.11. The second-order valence-electron chi connectivity index (χ2n) is 4.49. The van der Waals surface area contributed by atoms with E-state index in [2.05, 4.69) is 18.2 Å². The third kappa shape index (κ3) is 1.83. The van der Waals surface area contributed by atoms with Crippen LogP contribution < -0.4 is 0 Å². The van der Waals surface area contributed by atoms with Crippen molar-refractivity contribution in [2.24, 2.45) is 5.41 Å².